The van der Waals surface area contributed by atoms with Gasteiger partial charge in [-0.2, -0.15) is 0 Å². The van der Waals surface area contributed by atoms with E-state index >= 15 is 0 Å². The molecule has 2 rings (SSSR count). The van der Waals surface area contributed by atoms with Crippen molar-refractivity contribution in [3.05, 3.63) is 0 Å². The molecule has 0 aromatic carbocycles. The Bertz CT molecular complexity index is 100. The predicted molar refractivity (Wildman–Crippen MR) is 75.8 cm³/mol. The van der Waals surface area contributed by atoms with Gasteiger partial charge in [-0.25, -0.2) is 0 Å². The van der Waals surface area contributed by atoms with Crippen LogP contribution in [0.3, 0.4) is 0 Å². The summed E-state index contributed by atoms with van der Waals surface area (Å²) in [5.41, 5.74) is 0. The molecule has 2 aliphatic carbocycles. The minimum Gasteiger partial charge on any atom is -0.0683 e. The third-order valence-electron chi connectivity index (χ3n) is 3.97. The Morgan fingerprint density at radius 3 is 1.06 bits per heavy atom. The normalized spacial score (nSPS) is 27.8. The zero-order chi connectivity index (χ0) is 12.2. The van der Waals surface area contributed by atoms with Gasteiger partial charge in [-0.05, 0) is 11.8 Å². The van der Waals surface area contributed by atoms with Gasteiger partial charge in [-0.1, -0.05) is 91.9 Å². The van der Waals surface area contributed by atoms with Gasteiger partial charge < -0.3 is 0 Å². The van der Waals surface area contributed by atoms with E-state index in [0.29, 0.717) is 0 Å². The van der Waals surface area contributed by atoms with Crippen molar-refractivity contribution in [3.63, 3.8) is 0 Å². The Hall–Kier alpha value is 0. The van der Waals surface area contributed by atoms with Gasteiger partial charge in [0.25, 0.3) is 0 Å². The average molecular weight is 226 g/mol. The second-order valence-corrected chi connectivity index (χ2v) is 5.09. The van der Waals surface area contributed by atoms with Crippen molar-refractivity contribution in [3.8, 4) is 0 Å². The SMILES string of the molecule is C1CCC2CCCCC2C1.CC.CCCC. The van der Waals surface area contributed by atoms with Gasteiger partial charge in [-0.3, -0.25) is 0 Å². The number of hydrogen-bond donors (Lipinski definition) is 0. The number of unbranched alkanes of at least 4 members (excludes halogenated alkanes) is 1. The van der Waals surface area contributed by atoms with Crippen molar-refractivity contribution in [2.45, 2.75) is 91.9 Å². The van der Waals surface area contributed by atoms with E-state index in [1.165, 1.54) is 38.5 Å². The Morgan fingerprint density at radius 2 is 0.875 bits per heavy atom. The molecule has 0 heteroatoms. The highest BCUT2D eigenvalue weighted by molar-refractivity contribution is 4.78. The molecule has 98 valence electrons. The predicted octanol–water partition coefficient (Wildman–Crippen LogP) is 6.20. The molecule has 2 fully saturated rings. The molecule has 0 aromatic rings. The highest BCUT2D eigenvalue weighted by Gasteiger charge is 2.26. The Labute approximate surface area is 104 Å². The maximum absolute atomic E-state index is 2.18. The Kier molecular flexibility index (Phi) is 11.5. The highest BCUT2D eigenvalue weighted by atomic mass is 14.3. The standard InChI is InChI=1S/C10H18.C4H10.C2H6/c1-2-6-10-8-4-3-7-9(10)5-1;1-3-4-2;1-2/h9-10H,1-8H2;3-4H2,1-2H3;1-2H3. The van der Waals surface area contributed by atoms with E-state index in [1.807, 2.05) is 13.8 Å². The summed E-state index contributed by atoms with van der Waals surface area (Å²) in [4.78, 5) is 0. The monoisotopic (exact) mass is 226 g/mol. The molecule has 0 nitrogen and oxygen atoms in total. The van der Waals surface area contributed by atoms with E-state index < -0.39 is 0 Å². The Morgan fingerprint density at radius 1 is 0.625 bits per heavy atom. The van der Waals surface area contributed by atoms with Gasteiger partial charge in [0.2, 0.25) is 0 Å². The summed E-state index contributed by atoms with van der Waals surface area (Å²) in [5.74, 6) is 2.31. The van der Waals surface area contributed by atoms with Crippen LogP contribution in [-0.2, 0) is 0 Å². The van der Waals surface area contributed by atoms with E-state index in [4.69, 9.17) is 0 Å². The van der Waals surface area contributed by atoms with Crippen LogP contribution in [0.15, 0.2) is 0 Å². The lowest BCUT2D eigenvalue weighted by Crippen LogP contribution is -2.22. The fraction of sp³-hybridized carbons (Fsp3) is 1.00. The second kappa shape index (κ2) is 11.5. The Balaban J connectivity index is 0.000000323. The molecule has 0 N–H and O–H groups in total. The van der Waals surface area contributed by atoms with Crippen LogP contribution in [0, 0.1) is 11.8 Å². The first-order valence-corrected chi connectivity index (χ1v) is 7.88. The fourth-order valence-electron chi connectivity index (χ4n) is 2.86. The highest BCUT2D eigenvalue weighted by Crippen LogP contribution is 2.39. The molecule has 0 heterocycles. The quantitative estimate of drug-likeness (QED) is 0.499. The molecule has 0 bridgehead atoms. The molecule has 0 aromatic heterocycles. The molecule has 0 spiro atoms. The van der Waals surface area contributed by atoms with E-state index in [-0.39, 0.29) is 0 Å². The van der Waals surface area contributed by atoms with E-state index in [1.54, 1.807) is 25.7 Å². The molecule has 2 aliphatic rings. The average Bonchev–Trinajstić information content (AvgIpc) is 2.41. The maximum Gasteiger partial charge on any atom is -0.0386 e. The number of hydrogen-bond acceptors (Lipinski definition) is 0. The van der Waals surface area contributed by atoms with Crippen molar-refractivity contribution in [2.24, 2.45) is 11.8 Å². The van der Waals surface area contributed by atoms with Crippen LogP contribution in [0.2, 0.25) is 0 Å². The first-order chi connectivity index (χ1) is 7.88. The summed E-state index contributed by atoms with van der Waals surface area (Å²) in [5, 5.41) is 0. The summed E-state index contributed by atoms with van der Waals surface area (Å²) in [6, 6.07) is 0. The maximum atomic E-state index is 2.18. The van der Waals surface area contributed by atoms with Crippen molar-refractivity contribution >= 4 is 0 Å². The smallest absolute Gasteiger partial charge is 0.0386 e. The molecule has 0 saturated heterocycles. The molecule has 0 amide bonds. The van der Waals surface area contributed by atoms with Gasteiger partial charge in [0.15, 0.2) is 0 Å². The van der Waals surface area contributed by atoms with Crippen molar-refractivity contribution < 1.29 is 0 Å². The third-order valence-corrected chi connectivity index (χ3v) is 3.97. The molecular weight excluding hydrogens is 192 g/mol. The van der Waals surface area contributed by atoms with Gasteiger partial charge in [0.05, 0.1) is 0 Å². The summed E-state index contributed by atoms with van der Waals surface area (Å²) >= 11 is 0. The summed E-state index contributed by atoms with van der Waals surface area (Å²) in [7, 11) is 0. The van der Waals surface area contributed by atoms with E-state index in [2.05, 4.69) is 13.8 Å². The minimum atomic E-state index is 1.16. The van der Waals surface area contributed by atoms with Gasteiger partial charge >= 0.3 is 0 Å². The van der Waals surface area contributed by atoms with Crippen molar-refractivity contribution in [1.29, 1.82) is 0 Å². The molecule has 2 saturated carbocycles. The first-order valence-electron chi connectivity index (χ1n) is 7.88. The lowest BCUT2D eigenvalue weighted by atomic mass is 9.71. The number of rotatable bonds is 1. The summed E-state index contributed by atoms with van der Waals surface area (Å²) in [6.07, 6.45) is 15.0. The van der Waals surface area contributed by atoms with Crippen LogP contribution in [0.1, 0.15) is 91.9 Å². The zero-order valence-corrected chi connectivity index (χ0v) is 12.2. The summed E-state index contributed by atoms with van der Waals surface area (Å²) in [6.45, 7) is 8.36. The van der Waals surface area contributed by atoms with Crippen LogP contribution in [0.25, 0.3) is 0 Å². The lowest BCUT2D eigenvalue weighted by Gasteiger charge is -2.35. The number of fused-ring (bicyclic) bond motifs is 1. The first kappa shape index (κ1) is 16.0. The molecule has 0 unspecified atom stereocenters. The fourth-order valence-corrected chi connectivity index (χ4v) is 2.86. The van der Waals surface area contributed by atoms with E-state index in [9.17, 15) is 0 Å². The molecule has 0 atom stereocenters. The van der Waals surface area contributed by atoms with Crippen LogP contribution in [-0.4, -0.2) is 0 Å². The summed E-state index contributed by atoms with van der Waals surface area (Å²) < 4.78 is 0. The zero-order valence-electron chi connectivity index (χ0n) is 12.2. The molecule has 16 heavy (non-hydrogen) atoms. The largest absolute Gasteiger partial charge is 0.0683 e. The topological polar surface area (TPSA) is 0 Å². The minimum absolute atomic E-state index is 1.16. The van der Waals surface area contributed by atoms with Crippen molar-refractivity contribution in [2.75, 3.05) is 0 Å². The lowest BCUT2D eigenvalue weighted by molar-refractivity contribution is 0.171. The van der Waals surface area contributed by atoms with Gasteiger partial charge in [0, 0.05) is 0 Å². The van der Waals surface area contributed by atoms with Gasteiger partial charge in [0.1, 0.15) is 0 Å². The van der Waals surface area contributed by atoms with Crippen LogP contribution >= 0.6 is 0 Å². The van der Waals surface area contributed by atoms with Crippen LogP contribution in [0.5, 0.6) is 0 Å². The third kappa shape index (κ3) is 6.55. The van der Waals surface area contributed by atoms with E-state index in [0.717, 1.165) is 11.8 Å². The molecular formula is C16H34. The van der Waals surface area contributed by atoms with Crippen LogP contribution < -0.4 is 0 Å². The van der Waals surface area contributed by atoms with Crippen LogP contribution in [0.4, 0.5) is 0 Å². The second-order valence-electron chi connectivity index (χ2n) is 5.09. The molecule has 0 aliphatic heterocycles. The van der Waals surface area contributed by atoms with Crippen molar-refractivity contribution in [1.82, 2.24) is 0 Å². The molecule has 0 radical (unpaired) electrons. The van der Waals surface area contributed by atoms with Gasteiger partial charge in [-0.15, -0.1) is 0 Å².